The van der Waals surface area contributed by atoms with Crippen LogP contribution < -0.4 is 14.8 Å². The van der Waals surface area contributed by atoms with E-state index < -0.39 is 0 Å². The molecule has 0 bridgehead atoms. The van der Waals surface area contributed by atoms with Crippen LogP contribution in [0, 0.1) is 0 Å². The summed E-state index contributed by atoms with van der Waals surface area (Å²) in [6.07, 6.45) is 3.17. The fraction of sp³-hybridized carbons (Fsp3) is 0.357. The Kier molecular flexibility index (Phi) is 4.32. The maximum Gasteiger partial charge on any atom is 0.244 e. The molecule has 0 aromatic heterocycles. The molecule has 1 N–H and O–H groups in total. The van der Waals surface area contributed by atoms with Gasteiger partial charge in [-0.15, -0.1) is 0 Å². The van der Waals surface area contributed by atoms with Crippen molar-refractivity contribution in [2.75, 3.05) is 13.2 Å². The summed E-state index contributed by atoms with van der Waals surface area (Å²) in [7, 11) is 0. The quantitative estimate of drug-likeness (QED) is 0.867. The number of halogens is 1. The summed E-state index contributed by atoms with van der Waals surface area (Å²) in [5.41, 5.74) is 0.799. The van der Waals surface area contributed by atoms with E-state index in [1.807, 2.05) is 13.8 Å². The van der Waals surface area contributed by atoms with E-state index in [4.69, 9.17) is 21.1 Å². The first-order chi connectivity index (χ1) is 9.06. The average molecular weight is 282 g/mol. The van der Waals surface area contributed by atoms with Gasteiger partial charge in [0.05, 0.1) is 5.02 Å². The van der Waals surface area contributed by atoms with E-state index in [-0.39, 0.29) is 11.9 Å². The summed E-state index contributed by atoms with van der Waals surface area (Å²) in [5, 5.41) is 3.26. The molecule has 1 heterocycles. The number of carbonyl (C=O) groups excluding carboxylic acids is 1. The molecule has 0 atom stereocenters. The first-order valence-electron chi connectivity index (χ1n) is 6.14. The van der Waals surface area contributed by atoms with Crippen molar-refractivity contribution in [2.24, 2.45) is 0 Å². The van der Waals surface area contributed by atoms with Gasteiger partial charge in [-0.05, 0) is 37.6 Å². The van der Waals surface area contributed by atoms with Crippen LogP contribution in [0.3, 0.4) is 0 Å². The fourth-order valence-electron chi connectivity index (χ4n) is 1.73. The molecule has 0 radical (unpaired) electrons. The van der Waals surface area contributed by atoms with Gasteiger partial charge in [-0.25, -0.2) is 0 Å². The summed E-state index contributed by atoms with van der Waals surface area (Å²) < 4.78 is 10.9. The second-order valence-corrected chi connectivity index (χ2v) is 4.93. The molecule has 1 aliphatic heterocycles. The number of carbonyl (C=O) groups is 1. The van der Waals surface area contributed by atoms with Crippen molar-refractivity contribution in [2.45, 2.75) is 19.9 Å². The molecule has 1 aromatic rings. The fourth-order valence-corrected chi connectivity index (χ4v) is 2.01. The Balaban J connectivity index is 2.15. The molecule has 0 saturated heterocycles. The number of amides is 1. The topological polar surface area (TPSA) is 47.6 Å². The van der Waals surface area contributed by atoms with Crippen LogP contribution >= 0.6 is 11.6 Å². The zero-order chi connectivity index (χ0) is 13.8. The van der Waals surface area contributed by atoms with E-state index >= 15 is 0 Å². The lowest BCUT2D eigenvalue weighted by atomic mass is 10.1. The van der Waals surface area contributed by atoms with Gasteiger partial charge >= 0.3 is 0 Å². The number of fused-ring (bicyclic) bond motifs is 1. The third-order valence-corrected chi connectivity index (χ3v) is 2.76. The van der Waals surface area contributed by atoms with Crippen molar-refractivity contribution >= 4 is 23.6 Å². The minimum atomic E-state index is -0.138. The highest BCUT2D eigenvalue weighted by atomic mass is 35.5. The Bertz CT molecular complexity index is 512. The van der Waals surface area contributed by atoms with Gasteiger partial charge in [-0.2, -0.15) is 0 Å². The Morgan fingerprint density at radius 3 is 2.84 bits per heavy atom. The van der Waals surface area contributed by atoms with Crippen molar-refractivity contribution < 1.29 is 14.3 Å². The lowest BCUT2D eigenvalue weighted by Gasteiger charge is -2.19. The highest BCUT2D eigenvalue weighted by Crippen LogP contribution is 2.38. The molecular formula is C14H16ClNO3. The number of rotatable bonds is 3. The van der Waals surface area contributed by atoms with Gasteiger partial charge in [0.15, 0.2) is 11.5 Å². The third kappa shape index (κ3) is 3.64. The van der Waals surface area contributed by atoms with Crippen molar-refractivity contribution in [3.8, 4) is 11.5 Å². The average Bonchev–Trinajstić information content (AvgIpc) is 2.36. The summed E-state index contributed by atoms with van der Waals surface area (Å²) in [5.74, 6) is 1.04. The summed E-state index contributed by atoms with van der Waals surface area (Å²) in [4.78, 5) is 11.5. The minimum absolute atomic E-state index is 0.112. The van der Waals surface area contributed by atoms with Gasteiger partial charge in [-0.1, -0.05) is 11.6 Å². The van der Waals surface area contributed by atoms with E-state index in [1.165, 1.54) is 6.08 Å². The third-order valence-electron chi connectivity index (χ3n) is 2.48. The summed E-state index contributed by atoms with van der Waals surface area (Å²) in [6, 6.07) is 3.66. The van der Waals surface area contributed by atoms with E-state index in [0.717, 1.165) is 5.56 Å². The molecule has 19 heavy (non-hydrogen) atoms. The van der Waals surface area contributed by atoms with Crippen LogP contribution in [0.1, 0.15) is 19.4 Å². The Morgan fingerprint density at radius 2 is 2.11 bits per heavy atom. The lowest BCUT2D eigenvalue weighted by molar-refractivity contribution is -0.116. The number of hydrogen-bond donors (Lipinski definition) is 1. The molecule has 5 heteroatoms. The van der Waals surface area contributed by atoms with E-state index in [2.05, 4.69) is 5.32 Å². The van der Waals surface area contributed by atoms with Crippen LogP contribution in [-0.4, -0.2) is 25.2 Å². The van der Waals surface area contributed by atoms with Crippen LogP contribution in [0.15, 0.2) is 18.2 Å². The standard InChI is InChI=1S/C14H16ClNO3/c1-9(2)16-13(17)4-3-10-7-11(15)14-12(8-10)18-5-6-19-14/h3-4,7-9H,5-6H2,1-2H3,(H,16,17)/b4-3+. The summed E-state index contributed by atoms with van der Waals surface area (Å²) in [6.45, 7) is 4.82. The van der Waals surface area contributed by atoms with Crippen LogP contribution in [-0.2, 0) is 4.79 Å². The first kappa shape index (κ1) is 13.7. The molecule has 0 saturated carbocycles. The van der Waals surface area contributed by atoms with Crippen molar-refractivity contribution in [1.29, 1.82) is 0 Å². The largest absolute Gasteiger partial charge is 0.486 e. The highest BCUT2D eigenvalue weighted by molar-refractivity contribution is 6.32. The normalized spacial score (nSPS) is 13.9. The lowest BCUT2D eigenvalue weighted by Crippen LogP contribution is -2.28. The smallest absolute Gasteiger partial charge is 0.244 e. The molecule has 1 aliphatic rings. The molecule has 4 nitrogen and oxygen atoms in total. The minimum Gasteiger partial charge on any atom is -0.486 e. The number of benzene rings is 1. The predicted molar refractivity (Wildman–Crippen MR) is 74.8 cm³/mol. The maximum atomic E-state index is 11.5. The number of ether oxygens (including phenoxy) is 2. The van der Waals surface area contributed by atoms with Gasteiger partial charge in [-0.3, -0.25) is 4.79 Å². The second kappa shape index (κ2) is 5.97. The molecule has 2 rings (SSSR count). The summed E-state index contributed by atoms with van der Waals surface area (Å²) >= 11 is 6.11. The van der Waals surface area contributed by atoms with Gasteiger partial charge in [0, 0.05) is 12.1 Å². The number of hydrogen-bond acceptors (Lipinski definition) is 3. The van der Waals surface area contributed by atoms with E-state index in [0.29, 0.717) is 29.7 Å². The maximum absolute atomic E-state index is 11.5. The number of nitrogens with one attached hydrogen (secondary N) is 1. The predicted octanol–water partition coefficient (Wildman–Crippen LogP) is 2.65. The van der Waals surface area contributed by atoms with E-state index in [1.54, 1.807) is 18.2 Å². The van der Waals surface area contributed by atoms with Crippen LogP contribution in [0.5, 0.6) is 11.5 Å². The van der Waals surface area contributed by atoms with Crippen molar-refractivity contribution in [3.05, 3.63) is 28.8 Å². The molecule has 0 unspecified atom stereocenters. The molecule has 0 spiro atoms. The van der Waals surface area contributed by atoms with Crippen molar-refractivity contribution in [1.82, 2.24) is 5.32 Å². The molecule has 0 fully saturated rings. The van der Waals surface area contributed by atoms with Crippen molar-refractivity contribution in [3.63, 3.8) is 0 Å². The molecule has 1 amide bonds. The van der Waals surface area contributed by atoms with Crippen LogP contribution in [0.25, 0.3) is 6.08 Å². The molecular weight excluding hydrogens is 266 g/mol. The monoisotopic (exact) mass is 281 g/mol. The highest BCUT2D eigenvalue weighted by Gasteiger charge is 2.15. The molecule has 102 valence electrons. The van der Waals surface area contributed by atoms with E-state index in [9.17, 15) is 4.79 Å². The van der Waals surface area contributed by atoms with Crippen LogP contribution in [0.4, 0.5) is 0 Å². The van der Waals surface area contributed by atoms with Crippen LogP contribution in [0.2, 0.25) is 5.02 Å². The zero-order valence-corrected chi connectivity index (χ0v) is 11.7. The molecule has 1 aromatic carbocycles. The Labute approximate surface area is 117 Å². The van der Waals surface area contributed by atoms with Gasteiger partial charge in [0.25, 0.3) is 0 Å². The Morgan fingerprint density at radius 1 is 1.37 bits per heavy atom. The SMILES string of the molecule is CC(C)NC(=O)/C=C/c1cc(Cl)c2c(c1)OCCO2. The first-order valence-corrected chi connectivity index (χ1v) is 6.52. The van der Waals surface area contributed by atoms with Gasteiger partial charge < -0.3 is 14.8 Å². The Hall–Kier alpha value is -1.68. The molecule has 0 aliphatic carbocycles. The zero-order valence-electron chi connectivity index (χ0n) is 10.9. The van der Waals surface area contributed by atoms with Gasteiger partial charge in [0.2, 0.25) is 5.91 Å². The van der Waals surface area contributed by atoms with Gasteiger partial charge in [0.1, 0.15) is 13.2 Å². The second-order valence-electron chi connectivity index (χ2n) is 4.52.